The van der Waals surface area contributed by atoms with Gasteiger partial charge in [0.2, 0.25) is 0 Å². The number of hydrogen-bond acceptors (Lipinski definition) is 8. The van der Waals surface area contributed by atoms with Crippen molar-refractivity contribution in [3.63, 3.8) is 0 Å². The van der Waals surface area contributed by atoms with Crippen LogP contribution in [-0.2, 0) is 11.2 Å². The molecule has 0 radical (unpaired) electrons. The van der Waals surface area contributed by atoms with Gasteiger partial charge in [-0.25, -0.2) is 9.18 Å². The van der Waals surface area contributed by atoms with Gasteiger partial charge in [-0.15, -0.1) is 0 Å². The highest BCUT2D eigenvalue weighted by atomic mass is 19.1. The maximum atomic E-state index is 16.8. The van der Waals surface area contributed by atoms with Crippen LogP contribution in [0.5, 0.6) is 6.01 Å². The number of anilines is 1. The van der Waals surface area contributed by atoms with Gasteiger partial charge in [0, 0.05) is 30.9 Å². The molecular formula is C35H45FN6O3. The number of hydrogen-bond donors (Lipinski definition) is 0. The Bertz CT molecular complexity index is 1590. The molecule has 240 valence electrons. The van der Waals surface area contributed by atoms with Crippen LogP contribution in [-0.4, -0.2) is 87.9 Å². The minimum absolute atomic E-state index is 0.0190. The molecule has 0 spiro atoms. The Labute approximate surface area is 265 Å². The molecule has 1 amide bonds. The van der Waals surface area contributed by atoms with E-state index in [1.165, 1.54) is 11.1 Å². The Morgan fingerprint density at radius 3 is 2.56 bits per heavy atom. The lowest BCUT2D eigenvalue weighted by Gasteiger charge is -2.42. The number of likely N-dealkylation sites (tertiary alicyclic amines) is 1. The molecule has 5 heterocycles. The second-order valence-electron chi connectivity index (χ2n) is 14.4. The average Bonchev–Trinajstić information content (AvgIpc) is 3.53. The molecule has 2 aromatic heterocycles. The summed E-state index contributed by atoms with van der Waals surface area (Å²) in [4.78, 5) is 33.8. The number of fused-ring (bicyclic) bond motifs is 4. The Hall–Kier alpha value is -3.53. The fourth-order valence-corrected chi connectivity index (χ4v) is 7.93. The molecule has 7 rings (SSSR count). The molecule has 0 saturated carbocycles. The van der Waals surface area contributed by atoms with E-state index < -0.39 is 11.4 Å². The van der Waals surface area contributed by atoms with Crippen molar-refractivity contribution in [2.75, 3.05) is 38.2 Å². The lowest BCUT2D eigenvalue weighted by molar-refractivity contribution is 0.0122. The first-order valence-corrected chi connectivity index (χ1v) is 16.6. The molecule has 4 atom stereocenters. The topological polar surface area (TPSA) is 83.9 Å². The van der Waals surface area contributed by atoms with E-state index in [0.29, 0.717) is 42.5 Å². The largest absolute Gasteiger partial charge is 0.462 e. The first-order valence-electron chi connectivity index (χ1n) is 16.6. The summed E-state index contributed by atoms with van der Waals surface area (Å²) in [5, 5.41) is 0.560. The third-order valence-electron chi connectivity index (χ3n) is 10.1. The van der Waals surface area contributed by atoms with Gasteiger partial charge in [0.1, 0.15) is 29.2 Å². The van der Waals surface area contributed by atoms with Gasteiger partial charge in [-0.3, -0.25) is 9.88 Å². The second-order valence-corrected chi connectivity index (χ2v) is 14.4. The molecule has 9 nitrogen and oxygen atoms in total. The summed E-state index contributed by atoms with van der Waals surface area (Å²) in [6.07, 6.45) is 8.62. The van der Waals surface area contributed by atoms with Crippen molar-refractivity contribution in [1.82, 2.24) is 24.8 Å². The number of rotatable bonds is 5. The molecule has 1 aliphatic carbocycles. The maximum absolute atomic E-state index is 16.8. The Balaban J connectivity index is 1.27. The first kappa shape index (κ1) is 30.1. The highest BCUT2D eigenvalue weighted by molar-refractivity contribution is 5.92. The van der Waals surface area contributed by atoms with Crippen molar-refractivity contribution in [1.29, 1.82) is 0 Å². The van der Waals surface area contributed by atoms with Crippen LogP contribution in [0, 0.1) is 5.82 Å². The fourth-order valence-electron chi connectivity index (χ4n) is 7.93. The number of pyridine rings is 1. The molecule has 1 unspecified atom stereocenters. The van der Waals surface area contributed by atoms with Crippen LogP contribution in [0.1, 0.15) is 83.3 Å². The van der Waals surface area contributed by atoms with Gasteiger partial charge < -0.3 is 19.3 Å². The zero-order valence-electron chi connectivity index (χ0n) is 27.2. The summed E-state index contributed by atoms with van der Waals surface area (Å²) < 4.78 is 28.8. The third-order valence-corrected chi connectivity index (χ3v) is 10.1. The number of likely N-dealkylation sites (N-methyl/N-ethyl adjacent to an activating group) is 1. The highest BCUT2D eigenvalue weighted by Crippen LogP contribution is 2.41. The molecule has 45 heavy (non-hydrogen) atoms. The number of benzene rings is 1. The zero-order chi connectivity index (χ0) is 31.5. The van der Waals surface area contributed by atoms with Crippen LogP contribution < -0.4 is 9.64 Å². The second kappa shape index (κ2) is 11.7. The fraction of sp³-hybridized carbons (Fsp3) is 0.600. The Kier molecular flexibility index (Phi) is 7.82. The minimum Gasteiger partial charge on any atom is -0.462 e. The number of aryl methyl sites for hydroxylation is 1. The summed E-state index contributed by atoms with van der Waals surface area (Å²) in [5.41, 5.74) is 3.31. The van der Waals surface area contributed by atoms with Gasteiger partial charge in [0.25, 0.3) is 0 Å². The molecule has 10 heteroatoms. The Morgan fingerprint density at radius 2 is 1.84 bits per heavy atom. The van der Waals surface area contributed by atoms with Gasteiger partial charge >= 0.3 is 12.1 Å². The van der Waals surface area contributed by atoms with Crippen molar-refractivity contribution in [3.8, 4) is 17.3 Å². The van der Waals surface area contributed by atoms with E-state index in [-0.39, 0.29) is 35.7 Å². The predicted octanol–water partition coefficient (Wildman–Crippen LogP) is 6.33. The van der Waals surface area contributed by atoms with E-state index in [9.17, 15) is 4.79 Å². The van der Waals surface area contributed by atoms with E-state index in [2.05, 4.69) is 29.8 Å². The summed E-state index contributed by atoms with van der Waals surface area (Å²) >= 11 is 0. The zero-order valence-corrected chi connectivity index (χ0v) is 27.2. The number of nitrogens with zero attached hydrogens (tertiary/aromatic N) is 6. The van der Waals surface area contributed by atoms with Gasteiger partial charge in [0.05, 0.1) is 17.5 Å². The number of amides is 1. The van der Waals surface area contributed by atoms with Gasteiger partial charge in [-0.05, 0) is 96.4 Å². The summed E-state index contributed by atoms with van der Waals surface area (Å²) in [5.74, 6) is 0.499. The molecule has 4 aliphatic rings. The minimum atomic E-state index is -0.563. The van der Waals surface area contributed by atoms with E-state index in [1.54, 1.807) is 6.20 Å². The van der Waals surface area contributed by atoms with E-state index >= 15 is 4.39 Å². The van der Waals surface area contributed by atoms with Crippen molar-refractivity contribution < 1.29 is 18.7 Å². The summed E-state index contributed by atoms with van der Waals surface area (Å²) in [6, 6.07) is 6.57. The van der Waals surface area contributed by atoms with Crippen LogP contribution in [0.15, 0.2) is 24.4 Å². The molecule has 0 N–H and O–H groups in total. The summed E-state index contributed by atoms with van der Waals surface area (Å²) in [6.45, 7) is 10.5. The SMILES string of the molecule is CC1CCCc2cccc(-c3ncc4c(N5C[C@H]6CC[C@@H](C5)N6C(=O)OC(C)(C)C)nc(OC[C@@H]5CCCN5C)nc4c3F)c21. The smallest absolute Gasteiger partial charge is 0.410 e. The lowest BCUT2D eigenvalue weighted by atomic mass is 9.80. The number of piperazine rings is 1. The predicted molar refractivity (Wildman–Crippen MR) is 172 cm³/mol. The van der Waals surface area contributed by atoms with Crippen LogP contribution >= 0.6 is 0 Å². The standard InChI is InChI=1S/C35H45FN6O3/c1-21-9-6-10-22-11-7-13-26(28(21)22)30-29(36)31-27(17-37-30)32(39-33(38-31)44-20-25-12-8-16-40(25)5)41-18-23-14-15-24(19-41)42(23)34(43)45-35(2,3)4/h7,11,13,17,21,23-25H,6,8-10,12,14-16,18-20H2,1-5H3/t21?,23-,24+,25-/m0/s1. The molecule has 3 fully saturated rings. The van der Waals surface area contributed by atoms with Crippen LogP contribution in [0.2, 0.25) is 0 Å². The van der Waals surface area contributed by atoms with Crippen molar-refractivity contribution in [3.05, 3.63) is 41.3 Å². The monoisotopic (exact) mass is 616 g/mol. The van der Waals surface area contributed by atoms with Crippen molar-refractivity contribution in [2.45, 2.75) is 102 Å². The number of carbonyl (C=O) groups excluding carboxylic acids is 1. The molecule has 3 aromatic rings. The summed E-state index contributed by atoms with van der Waals surface area (Å²) in [7, 11) is 2.10. The average molecular weight is 617 g/mol. The quantitative estimate of drug-likeness (QED) is 0.329. The first-order chi connectivity index (χ1) is 21.6. The van der Waals surface area contributed by atoms with Gasteiger partial charge in [-0.1, -0.05) is 25.1 Å². The number of aromatic nitrogens is 3. The Morgan fingerprint density at radius 1 is 1.07 bits per heavy atom. The molecule has 1 aromatic carbocycles. The van der Waals surface area contributed by atoms with Gasteiger partial charge in [-0.2, -0.15) is 9.97 Å². The molecule has 3 saturated heterocycles. The van der Waals surface area contributed by atoms with Crippen molar-refractivity contribution in [2.24, 2.45) is 0 Å². The van der Waals surface area contributed by atoms with E-state index in [0.717, 1.165) is 57.1 Å². The number of carbonyl (C=O) groups is 1. The van der Waals surface area contributed by atoms with Crippen LogP contribution in [0.3, 0.4) is 0 Å². The highest BCUT2D eigenvalue weighted by Gasteiger charge is 2.45. The molecular weight excluding hydrogens is 571 g/mol. The van der Waals surface area contributed by atoms with Crippen LogP contribution in [0.25, 0.3) is 22.2 Å². The van der Waals surface area contributed by atoms with E-state index in [1.807, 2.05) is 37.8 Å². The van der Waals surface area contributed by atoms with E-state index in [4.69, 9.17) is 24.4 Å². The molecule has 3 aliphatic heterocycles. The maximum Gasteiger partial charge on any atom is 0.410 e. The van der Waals surface area contributed by atoms with Crippen molar-refractivity contribution >= 4 is 22.8 Å². The lowest BCUT2D eigenvalue weighted by Crippen LogP contribution is -2.57. The van der Waals surface area contributed by atoms with Gasteiger partial charge in [0.15, 0.2) is 5.82 Å². The number of halogens is 1. The third kappa shape index (κ3) is 5.70. The normalized spacial score (nSPS) is 25.1. The molecule has 2 bridgehead atoms. The number of ether oxygens (including phenoxy) is 2. The van der Waals surface area contributed by atoms with Crippen LogP contribution in [0.4, 0.5) is 15.0 Å².